The van der Waals surface area contributed by atoms with Crippen molar-refractivity contribution in [3.05, 3.63) is 28.9 Å². The minimum absolute atomic E-state index is 0.346. The molecule has 2 heterocycles. The molecule has 15 heavy (non-hydrogen) atoms. The van der Waals surface area contributed by atoms with Gasteiger partial charge in [-0.05, 0) is 22.9 Å². The molecule has 3 N–H and O–H groups in total. The summed E-state index contributed by atoms with van der Waals surface area (Å²) in [5.41, 5.74) is 6.83. The van der Waals surface area contributed by atoms with Crippen LogP contribution in [-0.4, -0.2) is 25.5 Å². The van der Waals surface area contributed by atoms with Gasteiger partial charge in [0, 0.05) is 24.6 Å². The third-order valence-corrected chi connectivity index (χ3v) is 2.71. The first-order valence-corrected chi connectivity index (χ1v) is 5.31. The summed E-state index contributed by atoms with van der Waals surface area (Å²) in [6, 6.07) is -0.346. The summed E-state index contributed by atoms with van der Waals surface area (Å²) in [6.07, 6.45) is 4.41. The van der Waals surface area contributed by atoms with Gasteiger partial charge in [0.2, 0.25) is 0 Å². The molecule has 0 saturated heterocycles. The Balaban J connectivity index is 2.52. The number of fused-ring (bicyclic) bond motifs is 1. The van der Waals surface area contributed by atoms with Crippen molar-refractivity contribution in [2.45, 2.75) is 19.1 Å². The monoisotopic (exact) mass is 270 g/mol. The van der Waals surface area contributed by atoms with E-state index in [9.17, 15) is 5.11 Å². The normalized spacial score (nSPS) is 15.5. The minimum atomic E-state index is -0.753. The number of aliphatic hydroxyl groups is 1. The SMILES string of the molecule is CC(N)C(O)c1cn2ccnc(Br)c2n1. The fourth-order valence-electron chi connectivity index (χ4n) is 1.32. The van der Waals surface area contributed by atoms with Gasteiger partial charge in [0.25, 0.3) is 0 Å². The molecule has 0 fully saturated rings. The maximum Gasteiger partial charge on any atom is 0.170 e. The zero-order valence-electron chi connectivity index (χ0n) is 8.13. The van der Waals surface area contributed by atoms with E-state index in [1.165, 1.54) is 0 Å². The summed E-state index contributed by atoms with van der Waals surface area (Å²) in [4.78, 5) is 8.30. The predicted octanol–water partition coefficient (Wildman–Crippen LogP) is 0.872. The molecular weight excluding hydrogens is 260 g/mol. The molecule has 0 spiro atoms. The molecule has 5 nitrogen and oxygen atoms in total. The van der Waals surface area contributed by atoms with Gasteiger partial charge < -0.3 is 15.2 Å². The van der Waals surface area contributed by atoms with Crippen molar-refractivity contribution in [1.29, 1.82) is 0 Å². The Morgan fingerprint density at radius 2 is 2.33 bits per heavy atom. The van der Waals surface area contributed by atoms with Gasteiger partial charge in [0.05, 0.1) is 5.69 Å². The van der Waals surface area contributed by atoms with Crippen LogP contribution < -0.4 is 5.73 Å². The molecule has 0 aliphatic carbocycles. The lowest BCUT2D eigenvalue weighted by molar-refractivity contribution is 0.149. The number of hydrogen-bond acceptors (Lipinski definition) is 4. The quantitative estimate of drug-likeness (QED) is 0.849. The van der Waals surface area contributed by atoms with E-state index in [0.29, 0.717) is 15.9 Å². The van der Waals surface area contributed by atoms with E-state index in [1.807, 2.05) is 0 Å². The van der Waals surface area contributed by atoms with Crippen LogP contribution in [0, 0.1) is 0 Å². The topological polar surface area (TPSA) is 76.4 Å². The Morgan fingerprint density at radius 3 is 2.93 bits per heavy atom. The molecule has 2 aromatic heterocycles. The van der Waals surface area contributed by atoms with Gasteiger partial charge in [0.15, 0.2) is 5.65 Å². The molecule has 0 amide bonds. The van der Waals surface area contributed by atoms with Gasteiger partial charge in [0.1, 0.15) is 10.7 Å². The summed E-state index contributed by atoms with van der Waals surface area (Å²) in [7, 11) is 0. The molecule has 6 heteroatoms. The number of halogens is 1. The maximum absolute atomic E-state index is 9.75. The molecule has 0 bridgehead atoms. The van der Waals surface area contributed by atoms with Crippen LogP contribution in [0.5, 0.6) is 0 Å². The molecule has 2 rings (SSSR count). The first-order valence-electron chi connectivity index (χ1n) is 4.52. The second-order valence-electron chi connectivity index (χ2n) is 3.42. The number of aromatic nitrogens is 3. The van der Waals surface area contributed by atoms with E-state index in [4.69, 9.17) is 5.73 Å². The van der Waals surface area contributed by atoms with Gasteiger partial charge in [-0.3, -0.25) is 0 Å². The number of imidazole rings is 1. The zero-order chi connectivity index (χ0) is 11.0. The number of hydrogen-bond donors (Lipinski definition) is 2. The van der Waals surface area contributed by atoms with Gasteiger partial charge in [-0.15, -0.1) is 0 Å². The Kier molecular flexibility index (Phi) is 2.72. The molecule has 0 aliphatic heterocycles. The van der Waals surface area contributed by atoms with Gasteiger partial charge >= 0.3 is 0 Å². The zero-order valence-corrected chi connectivity index (χ0v) is 9.72. The average Bonchev–Trinajstić information content (AvgIpc) is 2.61. The smallest absolute Gasteiger partial charge is 0.170 e. The van der Waals surface area contributed by atoms with Crippen molar-refractivity contribution in [3.63, 3.8) is 0 Å². The maximum atomic E-state index is 9.75. The summed E-state index contributed by atoms with van der Waals surface area (Å²) in [5, 5.41) is 9.75. The van der Waals surface area contributed by atoms with Crippen molar-refractivity contribution in [3.8, 4) is 0 Å². The van der Waals surface area contributed by atoms with E-state index >= 15 is 0 Å². The highest BCUT2D eigenvalue weighted by atomic mass is 79.9. The van der Waals surface area contributed by atoms with Crippen LogP contribution in [-0.2, 0) is 0 Å². The van der Waals surface area contributed by atoms with Crippen molar-refractivity contribution < 1.29 is 5.11 Å². The van der Waals surface area contributed by atoms with E-state index in [0.717, 1.165) is 0 Å². The molecule has 0 radical (unpaired) electrons. The Morgan fingerprint density at radius 1 is 1.60 bits per heavy atom. The molecule has 2 aromatic rings. The van der Waals surface area contributed by atoms with Crippen molar-refractivity contribution in [2.24, 2.45) is 5.73 Å². The summed E-state index contributed by atoms with van der Waals surface area (Å²) in [6.45, 7) is 1.74. The molecule has 2 unspecified atom stereocenters. The average molecular weight is 271 g/mol. The molecule has 0 aromatic carbocycles. The van der Waals surface area contributed by atoms with Crippen LogP contribution in [0.1, 0.15) is 18.7 Å². The molecule has 2 atom stereocenters. The number of nitrogens with zero attached hydrogens (tertiary/aromatic N) is 3. The van der Waals surface area contributed by atoms with Gasteiger partial charge in [-0.2, -0.15) is 0 Å². The summed E-state index contributed by atoms with van der Waals surface area (Å²) < 4.78 is 2.44. The Hall–Kier alpha value is -0.980. The summed E-state index contributed by atoms with van der Waals surface area (Å²) in [5.74, 6) is 0. The molecule has 80 valence electrons. The highest BCUT2D eigenvalue weighted by Crippen LogP contribution is 2.19. The van der Waals surface area contributed by atoms with Crippen molar-refractivity contribution in [2.75, 3.05) is 0 Å². The number of aliphatic hydroxyl groups excluding tert-OH is 1. The van der Waals surface area contributed by atoms with Gasteiger partial charge in [-0.1, -0.05) is 0 Å². The lowest BCUT2D eigenvalue weighted by atomic mass is 10.1. The van der Waals surface area contributed by atoms with Crippen LogP contribution in [0.2, 0.25) is 0 Å². The van der Waals surface area contributed by atoms with Crippen LogP contribution in [0.15, 0.2) is 23.2 Å². The van der Waals surface area contributed by atoms with Crippen LogP contribution >= 0.6 is 15.9 Å². The minimum Gasteiger partial charge on any atom is -0.385 e. The Labute approximate surface area is 95.1 Å². The third kappa shape index (κ3) is 1.88. The highest BCUT2D eigenvalue weighted by molar-refractivity contribution is 9.10. The number of rotatable bonds is 2. The first kappa shape index (κ1) is 10.5. The highest BCUT2D eigenvalue weighted by Gasteiger charge is 2.16. The lowest BCUT2D eigenvalue weighted by Crippen LogP contribution is -2.24. The standard InChI is InChI=1S/C9H11BrN4O/c1-5(11)7(15)6-4-14-3-2-12-8(10)9(14)13-6/h2-5,7,15H,11H2,1H3. The van der Waals surface area contributed by atoms with Gasteiger partial charge in [-0.25, -0.2) is 9.97 Å². The molecule has 0 aliphatic rings. The fourth-order valence-corrected chi connectivity index (χ4v) is 1.73. The van der Waals surface area contributed by atoms with Crippen molar-refractivity contribution in [1.82, 2.24) is 14.4 Å². The summed E-state index contributed by atoms with van der Waals surface area (Å²) >= 11 is 3.29. The predicted molar refractivity (Wildman–Crippen MR) is 59.3 cm³/mol. The number of nitrogens with two attached hydrogens (primary N) is 1. The van der Waals surface area contributed by atoms with Crippen LogP contribution in [0.3, 0.4) is 0 Å². The fraction of sp³-hybridized carbons (Fsp3) is 0.333. The second-order valence-corrected chi connectivity index (χ2v) is 4.17. The second kappa shape index (κ2) is 3.88. The van der Waals surface area contributed by atoms with E-state index in [-0.39, 0.29) is 6.04 Å². The molecular formula is C9H11BrN4O. The van der Waals surface area contributed by atoms with E-state index < -0.39 is 6.10 Å². The van der Waals surface area contributed by atoms with E-state index in [2.05, 4.69) is 25.9 Å². The van der Waals surface area contributed by atoms with E-state index in [1.54, 1.807) is 29.9 Å². The largest absolute Gasteiger partial charge is 0.385 e. The molecule has 0 saturated carbocycles. The first-order chi connectivity index (χ1) is 7.09. The van der Waals surface area contributed by atoms with Crippen LogP contribution in [0.25, 0.3) is 5.65 Å². The van der Waals surface area contributed by atoms with Crippen LogP contribution in [0.4, 0.5) is 0 Å². The van der Waals surface area contributed by atoms with Crippen molar-refractivity contribution >= 4 is 21.6 Å². The Bertz CT molecular complexity index is 482. The lowest BCUT2D eigenvalue weighted by Gasteiger charge is -2.10. The third-order valence-electron chi connectivity index (χ3n) is 2.15.